The predicted octanol–water partition coefficient (Wildman–Crippen LogP) is 2.88. The van der Waals surface area contributed by atoms with Gasteiger partial charge in [-0.3, -0.25) is 9.88 Å². The number of piperidine rings is 1. The minimum absolute atomic E-state index is 0.242. The lowest BCUT2D eigenvalue weighted by Crippen LogP contribution is -2.51. The molecule has 8 nitrogen and oxygen atoms in total. The van der Waals surface area contributed by atoms with Gasteiger partial charge in [-0.15, -0.1) is 5.10 Å². The molecule has 0 unspecified atom stereocenters. The molecule has 1 saturated heterocycles. The normalized spacial score (nSPS) is 20.3. The lowest BCUT2D eigenvalue weighted by molar-refractivity contribution is 0.0571. The van der Waals surface area contributed by atoms with Crippen LogP contribution >= 0.6 is 11.5 Å². The zero-order valence-corrected chi connectivity index (χ0v) is 19.0. The van der Waals surface area contributed by atoms with Crippen molar-refractivity contribution in [2.75, 3.05) is 26.7 Å². The van der Waals surface area contributed by atoms with Gasteiger partial charge in [0.2, 0.25) is 0 Å². The number of aliphatic hydroxyl groups excluding tert-OH is 1. The van der Waals surface area contributed by atoms with Gasteiger partial charge in [-0.1, -0.05) is 4.49 Å². The van der Waals surface area contributed by atoms with Crippen LogP contribution in [0.15, 0.2) is 42.7 Å². The third-order valence-electron chi connectivity index (χ3n) is 6.13. The van der Waals surface area contributed by atoms with Crippen LogP contribution in [0.2, 0.25) is 0 Å². The van der Waals surface area contributed by atoms with E-state index in [1.807, 2.05) is 35.2 Å². The van der Waals surface area contributed by atoms with Crippen molar-refractivity contribution in [1.29, 1.82) is 0 Å². The Morgan fingerprint density at radius 2 is 2.18 bits per heavy atom. The lowest BCUT2D eigenvalue weighted by Gasteiger charge is -2.36. The molecule has 0 bridgehead atoms. The number of pyridine rings is 2. The summed E-state index contributed by atoms with van der Waals surface area (Å²) in [7, 11) is 1.61. The summed E-state index contributed by atoms with van der Waals surface area (Å²) < 4.78 is 24.2. The van der Waals surface area contributed by atoms with Crippen molar-refractivity contribution in [2.45, 2.75) is 31.3 Å². The zero-order valence-electron chi connectivity index (χ0n) is 18.2. The van der Waals surface area contributed by atoms with Crippen molar-refractivity contribution in [3.05, 3.63) is 53.9 Å². The van der Waals surface area contributed by atoms with Gasteiger partial charge in [0, 0.05) is 55.0 Å². The molecule has 0 radical (unpaired) electrons. The van der Waals surface area contributed by atoms with Crippen molar-refractivity contribution in [2.24, 2.45) is 0 Å². The highest BCUT2D eigenvalue weighted by Gasteiger charge is 2.30. The van der Waals surface area contributed by atoms with Gasteiger partial charge in [-0.2, -0.15) is 0 Å². The van der Waals surface area contributed by atoms with Crippen LogP contribution in [0.5, 0.6) is 5.75 Å². The summed E-state index contributed by atoms with van der Waals surface area (Å²) in [4.78, 5) is 11.5. The first-order valence-electron chi connectivity index (χ1n) is 10.9. The van der Waals surface area contributed by atoms with Crippen molar-refractivity contribution < 1.29 is 14.2 Å². The molecule has 4 heterocycles. The number of rotatable bonds is 7. The number of nitrogens with zero attached hydrogens (tertiary/aromatic N) is 5. The SMILES string of the molecule is COc1ccc2nccc([C@H](O)CN3CC[C@@H](NCc4cnc5snnc5c4)[C@H](F)C3)c2c1. The first-order valence-corrected chi connectivity index (χ1v) is 11.7. The van der Waals surface area contributed by atoms with Gasteiger partial charge in [-0.05, 0) is 54.4 Å². The highest BCUT2D eigenvalue weighted by Crippen LogP contribution is 2.28. The van der Waals surface area contributed by atoms with Crippen molar-refractivity contribution in [1.82, 2.24) is 29.8 Å². The molecule has 0 saturated carbocycles. The van der Waals surface area contributed by atoms with E-state index in [2.05, 4.69) is 24.9 Å². The van der Waals surface area contributed by atoms with Gasteiger partial charge in [0.05, 0.1) is 18.7 Å². The number of fused-ring (bicyclic) bond motifs is 2. The van der Waals surface area contributed by atoms with E-state index in [4.69, 9.17) is 4.74 Å². The summed E-state index contributed by atoms with van der Waals surface area (Å²) in [6, 6.07) is 9.11. The average molecular weight is 469 g/mol. The van der Waals surface area contributed by atoms with Crippen molar-refractivity contribution >= 4 is 32.8 Å². The van der Waals surface area contributed by atoms with E-state index in [-0.39, 0.29) is 12.6 Å². The molecule has 1 fully saturated rings. The van der Waals surface area contributed by atoms with Crippen LogP contribution in [0.25, 0.3) is 21.3 Å². The molecule has 1 aromatic carbocycles. The largest absolute Gasteiger partial charge is 0.497 e. The minimum atomic E-state index is -1.03. The van der Waals surface area contributed by atoms with Gasteiger partial charge in [0.1, 0.15) is 17.4 Å². The van der Waals surface area contributed by atoms with E-state index in [0.717, 1.165) is 32.4 Å². The summed E-state index contributed by atoms with van der Waals surface area (Å²) in [5, 5.41) is 19.1. The highest BCUT2D eigenvalue weighted by atomic mass is 32.1. The number of aliphatic hydroxyl groups is 1. The molecule has 2 N–H and O–H groups in total. The topological polar surface area (TPSA) is 96.3 Å². The average Bonchev–Trinajstić information content (AvgIpc) is 3.30. The number of methoxy groups -OCH3 is 1. The van der Waals surface area contributed by atoms with E-state index in [9.17, 15) is 9.50 Å². The fourth-order valence-corrected chi connectivity index (χ4v) is 4.84. The van der Waals surface area contributed by atoms with Crippen LogP contribution in [0, 0.1) is 0 Å². The zero-order chi connectivity index (χ0) is 22.8. The lowest BCUT2D eigenvalue weighted by atomic mass is 10.00. The monoisotopic (exact) mass is 468 g/mol. The van der Waals surface area contributed by atoms with Crippen molar-refractivity contribution in [3.8, 4) is 5.75 Å². The van der Waals surface area contributed by atoms with E-state index >= 15 is 0 Å². The molecule has 172 valence electrons. The van der Waals surface area contributed by atoms with Crippen LogP contribution < -0.4 is 10.1 Å². The Hall–Kier alpha value is -2.79. The van der Waals surface area contributed by atoms with Crippen LogP contribution in [0.1, 0.15) is 23.7 Å². The predicted molar refractivity (Wildman–Crippen MR) is 125 cm³/mol. The number of alkyl halides is 1. The first-order chi connectivity index (χ1) is 16.1. The number of hydrogen-bond acceptors (Lipinski definition) is 9. The smallest absolute Gasteiger partial charge is 0.163 e. The molecule has 1 aliphatic heterocycles. The molecule has 4 aromatic rings. The molecular formula is C23H25FN6O2S. The molecule has 0 spiro atoms. The van der Waals surface area contributed by atoms with Gasteiger partial charge >= 0.3 is 0 Å². The number of aromatic nitrogens is 4. The Morgan fingerprint density at radius 1 is 1.27 bits per heavy atom. The summed E-state index contributed by atoms with van der Waals surface area (Å²) in [5.74, 6) is 0.708. The van der Waals surface area contributed by atoms with Gasteiger partial charge < -0.3 is 15.2 Å². The number of benzene rings is 1. The summed E-state index contributed by atoms with van der Waals surface area (Å²) in [6.45, 7) is 1.86. The number of likely N-dealkylation sites (tertiary alicyclic amines) is 1. The Balaban J connectivity index is 1.19. The van der Waals surface area contributed by atoms with Crippen LogP contribution in [-0.4, -0.2) is 68.5 Å². The fourth-order valence-electron chi connectivity index (χ4n) is 4.34. The Bertz CT molecular complexity index is 1250. The highest BCUT2D eigenvalue weighted by molar-refractivity contribution is 7.12. The van der Waals surface area contributed by atoms with E-state index < -0.39 is 12.3 Å². The second-order valence-corrected chi connectivity index (χ2v) is 9.02. The molecule has 10 heteroatoms. The maximum absolute atomic E-state index is 15.0. The van der Waals surface area contributed by atoms with Crippen LogP contribution in [0.4, 0.5) is 4.39 Å². The molecule has 3 aromatic heterocycles. The Morgan fingerprint density at radius 3 is 3.03 bits per heavy atom. The number of hydrogen-bond donors (Lipinski definition) is 2. The maximum Gasteiger partial charge on any atom is 0.163 e. The number of β-amino-alcohol motifs (C(OH)–C–C–N with tert-alkyl or cyclic N) is 1. The molecule has 3 atom stereocenters. The molecule has 0 amide bonds. The minimum Gasteiger partial charge on any atom is -0.497 e. The second-order valence-electron chi connectivity index (χ2n) is 8.29. The standard InChI is InChI=1S/C23H25FN6O2S/c1-32-15-2-3-19-17(9-15)16(4-6-25-19)22(31)13-30-7-5-20(18(24)12-30)26-10-14-8-21-23(27-11-14)33-29-28-21/h2-4,6,8-9,11,18,20,22,26,31H,5,7,10,12-13H2,1H3/t18-,20-,22-/m1/s1. The van der Waals surface area contributed by atoms with Gasteiger partial charge in [0.25, 0.3) is 0 Å². The number of ether oxygens (including phenoxy) is 1. The van der Waals surface area contributed by atoms with Crippen molar-refractivity contribution in [3.63, 3.8) is 0 Å². The maximum atomic E-state index is 15.0. The first kappa shape index (κ1) is 22.0. The molecule has 1 aliphatic rings. The van der Waals surface area contributed by atoms with Gasteiger partial charge in [0.15, 0.2) is 4.83 Å². The van der Waals surface area contributed by atoms with Crippen LogP contribution in [-0.2, 0) is 6.54 Å². The molecule has 33 heavy (non-hydrogen) atoms. The second kappa shape index (κ2) is 9.60. The Labute approximate surface area is 194 Å². The third-order valence-corrected chi connectivity index (χ3v) is 6.78. The summed E-state index contributed by atoms with van der Waals surface area (Å²) in [5.41, 5.74) is 3.29. The molecule has 0 aliphatic carbocycles. The quantitative estimate of drug-likeness (QED) is 0.428. The summed E-state index contributed by atoms with van der Waals surface area (Å²) in [6.07, 6.45) is 2.35. The third kappa shape index (κ3) is 4.79. The molecule has 5 rings (SSSR count). The fraction of sp³-hybridized carbons (Fsp3) is 0.391. The summed E-state index contributed by atoms with van der Waals surface area (Å²) >= 11 is 1.26. The Kier molecular flexibility index (Phi) is 6.41. The van der Waals surface area contributed by atoms with Gasteiger partial charge in [-0.25, -0.2) is 9.37 Å². The number of halogens is 1. The van der Waals surface area contributed by atoms with E-state index in [1.54, 1.807) is 19.5 Å². The van der Waals surface area contributed by atoms with Crippen LogP contribution in [0.3, 0.4) is 0 Å². The van der Waals surface area contributed by atoms with E-state index in [0.29, 0.717) is 31.8 Å². The molecular weight excluding hydrogens is 443 g/mol. The number of nitrogens with one attached hydrogen (secondary N) is 1. The van der Waals surface area contributed by atoms with E-state index in [1.165, 1.54) is 11.5 Å².